The number of hydrogen-bond donors (Lipinski definition) is 2. The van der Waals surface area contributed by atoms with E-state index < -0.39 is 9.84 Å². The number of nitrogens with one attached hydrogen (secondary N) is 2. The molecule has 1 saturated carbocycles. The Morgan fingerprint density at radius 2 is 1.57 bits per heavy atom. The summed E-state index contributed by atoms with van der Waals surface area (Å²) in [4.78, 5) is 0. The van der Waals surface area contributed by atoms with Crippen LogP contribution in [0.5, 0.6) is 0 Å². The predicted octanol–water partition coefficient (Wildman–Crippen LogP) is 1.85. The van der Waals surface area contributed by atoms with Gasteiger partial charge in [-0.25, -0.2) is 8.42 Å². The van der Waals surface area contributed by atoms with Gasteiger partial charge in [0.15, 0.2) is 0 Å². The summed E-state index contributed by atoms with van der Waals surface area (Å²) in [6, 6.07) is 1.70. The van der Waals surface area contributed by atoms with Crippen LogP contribution in [-0.2, 0) is 9.84 Å². The SMILES string of the molecule is O=S1(=O)CCC(NC2CCCCC2C2CCCCN2)CC1. The third-order valence-corrected chi connectivity index (χ3v) is 7.40. The highest BCUT2D eigenvalue weighted by atomic mass is 32.2. The molecular weight excluding hydrogens is 284 g/mol. The van der Waals surface area contributed by atoms with Gasteiger partial charge in [0.1, 0.15) is 9.84 Å². The summed E-state index contributed by atoms with van der Waals surface area (Å²) in [5.41, 5.74) is 0. The average Bonchev–Trinajstić information content (AvgIpc) is 2.51. The molecule has 4 nitrogen and oxygen atoms in total. The van der Waals surface area contributed by atoms with Crippen molar-refractivity contribution in [2.75, 3.05) is 18.1 Å². The fourth-order valence-corrected chi connectivity index (χ4v) is 5.94. The van der Waals surface area contributed by atoms with Crippen molar-refractivity contribution < 1.29 is 8.42 Å². The summed E-state index contributed by atoms with van der Waals surface area (Å²) < 4.78 is 23.1. The van der Waals surface area contributed by atoms with Crippen molar-refractivity contribution >= 4 is 9.84 Å². The topological polar surface area (TPSA) is 58.2 Å². The molecule has 0 aromatic heterocycles. The van der Waals surface area contributed by atoms with Gasteiger partial charge in [-0.2, -0.15) is 0 Å². The van der Waals surface area contributed by atoms with Crippen molar-refractivity contribution in [3.8, 4) is 0 Å². The van der Waals surface area contributed by atoms with Gasteiger partial charge in [0.25, 0.3) is 0 Å². The Hall–Kier alpha value is -0.130. The lowest BCUT2D eigenvalue weighted by Gasteiger charge is -2.42. The van der Waals surface area contributed by atoms with Gasteiger partial charge in [-0.05, 0) is 51.0 Å². The fraction of sp³-hybridized carbons (Fsp3) is 1.00. The van der Waals surface area contributed by atoms with Gasteiger partial charge >= 0.3 is 0 Å². The van der Waals surface area contributed by atoms with Crippen molar-refractivity contribution in [3.05, 3.63) is 0 Å². The molecule has 2 heterocycles. The lowest BCUT2D eigenvalue weighted by atomic mass is 9.77. The maximum Gasteiger partial charge on any atom is 0.150 e. The first kappa shape index (κ1) is 15.8. The minimum Gasteiger partial charge on any atom is -0.314 e. The van der Waals surface area contributed by atoms with E-state index in [1.165, 1.54) is 51.5 Å². The largest absolute Gasteiger partial charge is 0.314 e. The van der Waals surface area contributed by atoms with Gasteiger partial charge in [-0.1, -0.05) is 19.3 Å². The van der Waals surface area contributed by atoms with Crippen molar-refractivity contribution in [2.45, 2.75) is 75.9 Å². The molecule has 3 rings (SSSR count). The zero-order chi connectivity index (χ0) is 14.7. The monoisotopic (exact) mass is 314 g/mol. The Kier molecular flexibility index (Phi) is 5.23. The summed E-state index contributed by atoms with van der Waals surface area (Å²) in [5, 5.41) is 7.57. The first-order valence-corrected chi connectivity index (χ1v) is 10.7. The Morgan fingerprint density at radius 1 is 0.857 bits per heavy atom. The molecule has 21 heavy (non-hydrogen) atoms. The number of hydrogen-bond acceptors (Lipinski definition) is 4. The minimum atomic E-state index is -2.74. The van der Waals surface area contributed by atoms with Gasteiger partial charge in [0.05, 0.1) is 11.5 Å². The quantitative estimate of drug-likeness (QED) is 0.835. The summed E-state index contributed by atoms with van der Waals surface area (Å²) in [6.07, 6.45) is 10.9. The molecule has 3 atom stereocenters. The Bertz CT molecular complexity index is 418. The third kappa shape index (κ3) is 4.20. The summed E-state index contributed by atoms with van der Waals surface area (Å²) in [7, 11) is -2.74. The van der Waals surface area contributed by atoms with Gasteiger partial charge in [0, 0.05) is 18.1 Å². The molecule has 0 bridgehead atoms. The highest BCUT2D eigenvalue weighted by Gasteiger charge is 2.34. The molecule has 3 unspecified atom stereocenters. The molecule has 2 N–H and O–H groups in total. The number of piperidine rings is 1. The molecule has 2 saturated heterocycles. The van der Waals surface area contributed by atoms with E-state index >= 15 is 0 Å². The van der Waals surface area contributed by atoms with E-state index in [9.17, 15) is 8.42 Å². The zero-order valence-corrected chi connectivity index (χ0v) is 13.8. The van der Waals surface area contributed by atoms with Crippen LogP contribution < -0.4 is 10.6 Å². The van der Waals surface area contributed by atoms with E-state index in [4.69, 9.17) is 0 Å². The van der Waals surface area contributed by atoms with Crippen LogP contribution in [0, 0.1) is 5.92 Å². The van der Waals surface area contributed by atoms with Crippen LogP contribution in [0.3, 0.4) is 0 Å². The van der Waals surface area contributed by atoms with E-state index in [1.807, 2.05) is 0 Å². The maximum atomic E-state index is 11.6. The molecular formula is C16H30N2O2S. The van der Waals surface area contributed by atoms with E-state index in [-0.39, 0.29) is 0 Å². The smallest absolute Gasteiger partial charge is 0.150 e. The van der Waals surface area contributed by atoms with E-state index in [1.54, 1.807) is 0 Å². The van der Waals surface area contributed by atoms with Crippen molar-refractivity contribution in [3.63, 3.8) is 0 Å². The summed E-state index contributed by atoms with van der Waals surface area (Å²) >= 11 is 0. The second-order valence-corrected chi connectivity index (χ2v) is 9.51. The lowest BCUT2D eigenvalue weighted by molar-refractivity contribution is 0.169. The Balaban J connectivity index is 1.56. The van der Waals surface area contributed by atoms with Crippen molar-refractivity contribution in [1.82, 2.24) is 10.6 Å². The van der Waals surface area contributed by atoms with Crippen LogP contribution >= 0.6 is 0 Å². The number of rotatable bonds is 3. The second kappa shape index (κ2) is 6.97. The van der Waals surface area contributed by atoms with Crippen LogP contribution in [0.1, 0.15) is 57.8 Å². The van der Waals surface area contributed by atoms with Crippen LogP contribution in [0.15, 0.2) is 0 Å². The van der Waals surface area contributed by atoms with E-state index in [0.29, 0.717) is 29.6 Å². The first-order chi connectivity index (χ1) is 10.1. The third-order valence-electron chi connectivity index (χ3n) is 5.69. The zero-order valence-electron chi connectivity index (χ0n) is 13.0. The van der Waals surface area contributed by atoms with Gasteiger partial charge in [0.2, 0.25) is 0 Å². The molecule has 0 radical (unpaired) electrons. The fourth-order valence-electron chi connectivity index (χ4n) is 4.45. The first-order valence-electron chi connectivity index (χ1n) is 8.84. The average molecular weight is 314 g/mol. The van der Waals surface area contributed by atoms with Crippen LogP contribution in [-0.4, -0.2) is 44.6 Å². The molecule has 122 valence electrons. The molecule has 0 amide bonds. The standard InChI is InChI=1S/C16H30N2O2S/c19-21(20)11-8-13(9-12-21)18-16-7-2-1-5-14(16)15-6-3-4-10-17-15/h13-18H,1-12H2. The Morgan fingerprint density at radius 3 is 2.29 bits per heavy atom. The van der Waals surface area contributed by atoms with Gasteiger partial charge < -0.3 is 10.6 Å². The highest BCUT2D eigenvalue weighted by Crippen LogP contribution is 2.31. The van der Waals surface area contributed by atoms with Gasteiger partial charge in [-0.15, -0.1) is 0 Å². The molecule has 2 aliphatic heterocycles. The van der Waals surface area contributed by atoms with Gasteiger partial charge in [-0.3, -0.25) is 0 Å². The minimum absolute atomic E-state index is 0.379. The summed E-state index contributed by atoms with van der Waals surface area (Å²) in [6.45, 7) is 1.18. The number of sulfone groups is 1. The van der Waals surface area contributed by atoms with Crippen molar-refractivity contribution in [2.24, 2.45) is 5.92 Å². The van der Waals surface area contributed by atoms with Crippen molar-refractivity contribution in [1.29, 1.82) is 0 Å². The molecule has 1 aliphatic carbocycles. The lowest BCUT2D eigenvalue weighted by Crippen LogP contribution is -2.53. The normalized spacial score (nSPS) is 38.2. The maximum absolute atomic E-state index is 11.6. The molecule has 0 aromatic carbocycles. The Labute approximate surface area is 129 Å². The van der Waals surface area contributed by atoms with E-state index in [0.717, 1.165) is 18.8 Å². The van der Waals surface area contributed by atoms with Crippen LogP contribution in [0.2, 0.25) is 0 Å². The van der Waals surface area contributed by atoms with E-state index in [2.05, 4.69) is 10.6 Å². The molecule has 0 spiro atoms. The highest BCUT2D eigenvalue weighted by molar-refractivity contribution is 7.91. The predicted molar refractivity (Wildman–Crippen MR) is 86.2 cm³/mol. The molecule has 0 aromatic rings. The summed E-state index contributed by atoms with van der Waals surface area (Å²) in [5.74, 6) is 1.51. The van der Waals surface area contributed by atoms with Crippen LogP contribution in [0.4, 0.5) is 0 Å². The molecule has 3 aliphatic rings. The second-order valence-electron chi connectivity index (χ2n) is 7.20. The molecule has 5 heteroatoms. The molecule has 3 fully saturated rings. The van der Waals surface area contributed by atoms with Crippen LogP contribution in [0.25, 0.3) is 0 Å².